The SMILES string of the molecule is Bc1ccc(N2CC[C@H](Nc3nc(C(F)(F)F)cs3)C2)c(CO)c1. The van der Waals surface area contributed by atoms with Crippen molar-refractivity contribution in [1.29, 1.82) is 0 Å². The molecule has 1 aliphatic heterocycles. The number of alkyl halides is 3. The molecule has 24 heavy (non-hydrogen) atoms. The Balaban J connectivity index is 1.67. The largest absolute Gasteiger partial charge is 0.434 e. The molecule has 1 aromatic carbocycles. The third-order valence-corrected chi connectivity index (χ3v) is 4.83. The number of rotatable bonds is 4. The zero-order chi connectivity index (χ0) is 17.3. The molecule has 0 saturated carbocycles. The third-order valence-electron chi connectivity index (χ3n) is 4.06. The standard InChI is InChI=1S/C15H17BF3N3OS/c16-10-1-2-12(9(5-10)7-23)22-4-3-11(6-22)20-14-21-13(8-24-14)15(17,18)19/h1-2,5,8,11,23H,3-4,6-7,16H2,(H,20,21)/t11-/m0/s1. The number of hydrogen-bond acceptors (Lipinski definition) is 5. The second-order valence-electron chi connectivity index (χ2n) is 5.90. The molecule has 1 aliphatic rings. The summed E-state index contributed by atoms with van der Waals surface area (Å²) < 4.78 is 37.8. The first-order chi connectivity index (χ1) is 11.4. The van der Waals surface area contributed by atoms with E-state index < -0.39 is 11.9 Å². The van der Waals surface area contributed by atoms with Crippen molar-refractivity contribution in [1.82, 2.24) is 4.98 Å². The highest BCUT2D eigenvalue weighted by atomic mass is 32.1. The zero-order valence-corrected chi connectivity index (χ0v) is 13.9. The van der Waals surface area contributed by atoms with Gasteiger partial charge in [0.25, 0.3) is 0 Å². The summed E-state index contributed by atoms with van der Waals surface area (Å²) in [6.07, 6.45) is -3.60. The maximum atomic E-state index is 12.6. The molecule has 3 rings (SSSR count). The van der Waals surface area contributed by atoms with Gasteiger partial charge in [0.1, 0.15) is 7.85 Å². The molecule has 0 spiro atoms. The van der Waals surface area contributed by atoms with Gasteiger partial charge in [-0.1, -0.05) is 17.6 Å². The highest BCUT2D eigenvalue weighted by Gasteiger charge is 2.34. The second-order valence-corrected chi connectivity index (χ2v) is 6.76. The first-order valence-electron chi connectivity index (χ1n) is 7.61. The fourth-order valence-electron chi connectivity index (χ4n) is 2.89. The Labute approximate surface area is 142 Å². The van der Waals surface area contributed by atoms with Crippen LogP contribution in [0.4, 0.5) is 24.0 Å². The Hall–Kier alpha value is -1.74. The highest BCUT2D eigenvalue weighted by Crippen LogP contribution is 2.32. The lowest BCUT2D eigenvalue weighted by Gasteiger charge is -2.22. The summed E-state index contributed by atoms with van der Waals surface area (Å²) in [5, 5.41) is 13.9. The van der Waals surface area contributed by atoms with E-state index in [1.54, 1.807) is 0 Å². The van der Waals surface area contributed by atoms with Crippen LogP contribution in [0, 0.1) is 0 Å². The fourth-order valence-corrected chi connectivity index (χ4v) is 3.69. The number of hydrogen-bond donors (Lipinski definition) is 2. The molecule has 0 aliphatic carbocycles. The molecule has 0 amide bonds. The molecule has 1 fully saturated rings. The number of aliphatic hydroxyl groups is 1. The van der Waals surface area contributed by atoms with Crippen molar-refractivity contribution in [2.45, 2.75) is 25.2 Å². The van der Waals surface area contributed by atoms with Crippen LogP contribution in [0.1, 0.15) is 17.7 Å². The Morgan fingerprint density at radius 2 is 2.21 bits per heavy atom. The third kappa shape index (κ3) is 3.67. The summed E-state index contributed by atoms with van der Waals surface area (Å²) in [6, 6.07) is 5.96. The van der Waals surface area contributed by atoms with Gasteiger partial charge in [0.2, 0.25) is 0 Å². The van der Waals surface area contributed by atoms with Gasteiger partial charge in [-0.15, -0.1) is 11.3 Å². The number of anilines is 2. The number of aromatic nitrogens is 1. The average Bonchev–Trinajstić information content (AvgIpc) is 3.16. The van der Waals surface area contributed by atoms with Crippen LogP contribution in [0.25, 0.3) is 0 Å². The van der Waals surface area contributed by atoms with Gasteiger partial charge in [-0.25, -0.2) is 4.98 Å². The van der Waals surface area contributed by atoms with Crippen LogP contribution in [0.15, 0.2) is 23.6 Å². The van der Waals surface area contributed by atoms with Crippen LogP contribution in [0.5, 0.6) is 0 Å². The topological polar surface area (TPSA) is 48.4 Å². The predicted octanol–water partition coefficient (Wildman–Crippen LogP) is 1.60. The summed E-state index contributed by atoms with van der Waals surface area (Å²) >= 11 is 0.969. The quantitative estimate of drug-likeness (QED) is 0.819. The van der Waals surface area contributed by atoms with Gasteiger partial charge in [0, 0.05) is 35.8 Å². The van der Waals surface area contributed by atoms with E-state index in [4.69, 9.17) is 0 Å². The first-order valence-corrected chi connectivity index (χ1v) is 8.49. The van der Waals surface area contributed by atoms with E-state index in [0.29, 0.717) is 11.7 Å². The molecule has 1 aromatic heterocycles. The number of nitrogens with zero attached hydrogens (tertiary/aromatic N) is 2. The number of benzene rings is 1. The Morgan fingerprint density at radius 1 is 1.42 bits per heavy atom. The van der Waals surface area contributed by atoms with E-state index in [9.17, 15) is 18.3 Å². The summed E-state index contributed by atoms with van der Waals surface area (Å²) in [7, 11) is 1.97. The van der Waals surface area contributed by atoms with Crippen LogP contribution >= 0.6 is 11.3 Å². The van der Waals surface area contributed by atoms with Gasteiger partial charge in [-0.3, -0.25) is 0 Å². The molecular formula is C15H17BF3N3OS. The van der Waals surface area contributed by atoms with Crippen molar-refractivity contribution < 1.29 is 18.3 Å². The zero-order valence-electron chi connectivity index (χ0n) is 13.1. The minimum atomic E-state index is -4.41. The minimum Gasteiger partial charge on any atom is -0.392 e. The van der Waals surface area contributed by atoms with Gasteiger partial charge in [-0.05, 0) is 12.5 Å². The van der Waals surface area contributed by atoms with Gasteiger partial charge < -0.3 is 15.3 Å². The summed E-state index contributed by atoms with van der Waals surface area (Å²) in [5.41, 5.74) is 2.07. The molecule has 4 nitrogen and oxygen atoms in total. The Kier molecular flexibility index (Phi) is 4.73. The van der Waals surface area contributed by atoms with Crippen LogP contribution in [-0.4, -0.2) is 37.1 Å². The second kappa shape index (κ2) is 6.64. The summed E-state index contributed by atoms with van der Waals surface area (Å²) in [4.78, 5) is 5.75. The molecule has 2 heterocycles. The van der Waals surface area contributed by atoms with Gasteiger partial charge in [-0.2, -0.15) is 13.2 Å². The molecule has 0 radical (unpaired) electrons. The monoisotopic (exact) mass is 355 g/mol. The number of thiazole rings is 1. The van der Waals surface area contributed by atoms with Crippen molar-refractivity contribution in [3.8, 4) is 0 Å². The molecule has 2 N–H and O–H groups in total. The van der Waals surface area contributed by atoms with E-state index in [1.807, 2.05) is 26.0 Å². The van der Waals surface area contributed by atoms with E-state index >= 15 is 0 Å². The van der Waals surface area contributed by atoms with Crippen molar-refractivity contribution >= 4 is 35.5 Å². The molecule has 128 valence electrons. The molecule has 1 atom stereocenters. The summed E-state index contributed by atoms with van der Waals surface area (Å²) in [6.45, 7) is 1.41. The number of aliphatic hydroxyl groups excluding tert-OH is 1. The van der Waals surface area contributed by atoms with Crippen LogP contribution in [0.3, 0.4) is 0 Å². The molecule has 0 bridgehead atoms. The molecule has 2 aromatic rings. The lowest BCUT2D eigenvalue weighted by molar-refractivity contribution is -0.140. The van der Waals surface area contributed by atoms with Crippen LogP contribution in [0.2, 0.25) is 0 Å². The number of halogens is 3. The summed E-state index contributed by atoms with van der Waals surface area (Å²) in [5.74, 6) is 0. The van der Waals surface area contributed by atoms with Crippen LogP contribution < -0.4 is 15.7 Å². The van der Waals surface area contributed by atoms with E-state index in [-0.39, 0.29) is 12.6 Å². The highest BCUT2D eigenvalue weighted by molar-refractivity contribution is 7.13. The lowest BCUT2D eigenvalue weighted by atomic mass is 9.93. The lowest BCUT2D eigenvalue weighted by Crippen LogP contribution is -2.27. The number of nitrogens with one attached hydrogen (secondary N) is 1. The normalized spacial score (nSPS) is 18.2. The van der Waals surface area contributed by atoms with Gasteiger partial charge >= 0.3 is 6.18 Å². The Morgan fingerprint density at radius 3 is 2.88 bits per heavy atom. The van der Waals surface area contributed by atoms with Crippen molar-refractivity contribution in [2.24, 2.45) is 0 Å². The predicted molar refractivity (Wildman–Crippen MR) is 91.9 cm³/mol. The van der Waals surface area contributed by atoms with Crippen molar-refractivity contribution in [3.05, 3.63) is 34.8 Å². The van der Waals surface area contributed by atoms with Gasteiger partial charge in [0.15, 0.2) is 10.8 Å². The molecule has 1 saturated heterocycles. The molecular weight excluding hydrogens is 338 g/mol. The minimum absolute atomic E-state index is 0.0325. The molecule has 9 heteroatoms. The van der Waals surface area contributed by atoms with E-state index in [1.165, 1.54) is 0 Å². The van der Waals surface area contributed by atoms with Crippen molar-refractivity contribution in [3.63, 3.8) is 0 Å². The first kappa shape index (κ1) is 17.1. The maximum absolute atomic E-state index is 12.6. The van der Waals surface area contributed by atoms with Gasteiger partial charge in [0.05, 0.1) is 6.61 Å². The average molecular weight is 355 g/mol. The smallest absolute Gasteiger partial charge is 0.392 e. The van der Waals surface area contributed by atoms with E-state index in [2.05, 4.69) is 15.2 Å². The Bertz CT molecular complexity index is 722. The fraction of sp³-hybridized carbons (Fsp3) is 0.400. The maximum Gasteiger partial charge on any atom is 0.434 e. The van der Waals surface area contributed by atoms with Crippen LogP contribution in [-0.2, 0) is 12.8 Å². The molecule has 0 unspecified atom stereocenters. The van der Waals surface area contributed by atoms with Crippen molar-refractivity contribution in [2.75, 3.05) is 23.3 Å². The van der Waals surface area contributed by atoms with E-state index in [0.717, 1.165) is 46.4 Å².